The summed E-state index contributed by atoms with van der Waals surface area (Å²) in [6.45, 7) is 0. The van der Waals surface area contributed by atoms with E-state index in [9.17, 15) is 0 Å². The van der Waals surface area contributed by atoms with E-state index in [-0.39, 0.29) is 16.8 Å². The first-order chi connectivity index (χ1) is 15.9. The van der Waals surface area contributed by atoms with Gasteiger partial charge in [0.05, 0.1) is 0 Å². The van der Waals surface area contributed by atoms with Crippen LogP contribution in [0.5, 0.6) is 0 Å². The molecule has 0 aliphatic rings. The van der Waals surface area contributed by atoms with Gasteiger partial charge in [0.2, 0.25) is 0 Å². The first kappa shape index (κ1) is 21.9. The van der Waals surface area contributed by atoms with E-state index in [1.807, 2.05) is 85.5 Å². The average molecular weight is 481 g/mol. The van der Waals surface area contributed by atoms with Crippen LogP contribution in [-0.2, 0) is 16.8 Å². The van der Waals surface area contributed by atoms with Crippen LogP contribution in [0.3, 0.4) is 0 Å². The van der Waals surface area contributed by atoms with Crippen LogP contribution in [0.25, 0.3) is 23.3 Å². The number of pyridine rings is 2. The Morgan fingerprint density at radius 3 is 0.879 bits per heavy atom. The molecule has 0 aliphatic heterocycles. The fourth-order valence-electron chi connectivity index (χ4n) is 2.95. The molecule has 10 nitrogen and oxygen atoms in total. The van der Waals surface area contributed by atoms with Gasteiger partial charge in [0, 0.05) is 66.4 Å². The van der Waals surface area contributed by atoms with Crippen LogP contribution in [0.15, 0.2) is 110 Å². The Labute approximate surface area is 199 Å². The third-order valence-corrected chi connectivity index (χ3v) is 4.40. The maximum atomic E-state index is 4.46. The Bertz CT molecular complexity index is 1150. The van der Waals surface area contributed by atoms with Gasteiger partial charge in [0.15, 0.2) is 23.3 Å². The Kier molecular flexibility index (Phi) is 6.83. The van der Waals surface area contributed by atoms with Gasteiger partial charge in [-0.15, -0.1) is 0 Å². The molecule has 0 amide bonds. The maximum Gasteiger partial charge on any atom is 0.155 e. The smallest absolute Gasteiger partial charge is 0.155 e. The van der Waals surface area contributed by atoms with Crippen molar-refractivity contribution in [2.45, 2.75) is 0 Å². The van der Waals surface area contributed by atoms with Crippen LogP contribution < -0.4 is 0 Å². The molecule has 0 unspecified atom stereocenters. The molecule has 165 valence electrons. The van der Waals surface area contributed by atoms with Gasteiger partial charge in [-0.05, 0) is 48.5 Å². The van der Waals surface area contributed by atoms with Crippen molar-refractivity contribution in [3.63, 3.8) is 0 Å². The second-order valence-electron chi connectivity index (χ2n) is 6.51. The molecule has 6 aromatic heterocycles. The van der Waals surface area contributed by atoms with Crippen molar-refractivity contribution in [3.05, 3.63) is 110 Å². The van der Waals surface area contributed by atoms with Gasteiger partial charge in [-0.1, -0.05) is 12.1 Å². The summed E-state index contributed by atoms with van der Waals surface area (Å²) < 4.78 is 6.86. The van der Waals surface area contributed by atoms with Gasteiger partial charge in [-0.25, -0.2) is 28.7 Å². The molecule has 0 saturated heterocycles. The minimum absolute atomic E-state index is 0. The van der Waals surface area contributed by atoms with Crippen LogP contribution >= 0.6 is 0 Å². The molecule has 6 heterocycles. The van der Waals surface area contributed by atoms with E-state index in [1.165, 1.54) is 0 Å². The molecule has 0 saturated carbocycles. The monoisotopic (exact) mass is 481 g/mol. The maximum absolute atomic E-state index is 4.46. The molecule has 0 aliphatic carbocycles. The largest absolute Gasteiger partial charge is 0.223 e. The first-order valence-electron chi connectivity index (χ1n) is 9.81. The average Bonchev–Trinajstić information content (AvgIpc) is 3.68. The van der Waals surface area contributed by atoms with Crippen LogP contribution in [0.1, 0.15) is 0 Å². The van der Waals surface area contributed by atoms with E-state index >= 15 is 0 Å². The minimum atomic E-state index is 0. The van der Waals surface area contributed by atoms with Gasteiger partial charge in [-0.2, -0.15) is 20.4 Å². The summed E-state index contributed by atoms with van der Waals surface area (Å²) in [6.07, 6.45) is 14.3. The van der Waals surface area contributed by atoms with Crippen LogP contribution in [0.2, 0.25) is 0 Å². The van der Waals surface area contributed by atoms with Crippen LogP contribution in [-0.4, -0.2) is 49.1 Å². The Morgan fingerprint density at radius 1 is 0.394 bits per heavy atom. The van der Waals surface area contributed by atoms with Crippen molar-refractivity contribution < 1.29 is 16.8 Å². The van der Waals surface area contributed by atoms with Crippen LogP contribution in [0.4, 0.5) is 0 Å². The quantitative estimate of drug-likeness (QED) is 0.384. The van der Waals surface area contributed by atoms with Crippen LogP contribution in [0, 0.1) is 0 Å². The number of nitrogens with zero attached hydrogens (tertiary/aromatic N) is 10. The van der Waals surface area contributed by atoms with Gasteiger partial charge >= 0.3 is 0 Å². The van der Waals surface area contributed by atoms with Crippen molar-refractivity contribution in [2.75, 3.05) is 0 Å². The van der Waals surface area contributed by atoms with Gasteiger partial charge in [-0.3, -0.25) is 0 Å². The van der Waals surface area contributed by atoms with Gasteiger partial charge < -0.3 is 0 Å². The molecular formula is C22H18CoN10. The predicted molar refractivity (Wildman–Crippen MR) is 117 cm³/mol. The first-order valence-corrected chi connectivity index (χ1v) is 9.81. The van der Waals surface area contributed by atoms with Crippen molar-refractivity contribution >= 4 is 0 Å². The summed E-state index contributed by atoms with van der Waals surface area (Å²) >= 11 is 0. The van der Waals surface area contributed by atoms with E-state index in [1.54, 1.807) is 43.5 Å². The summed E-state index contributed by atoms with van der Waals surface area (Å²) in [6, 6.07) is 18.9. The second-order valence-corrected chi connectivity index (χ2v) is 6.51. The summed E-state index contributed by atoms with van der Waals surface area (Å²) in [4.78, 5) is 8.92. The zero-order valence-corrected chi connectivity index (χ0v) is 18.2. The van der Waals surface area contributed by atoms with E-state index in [4.69, 9.17) is 0 Å². The Hall–Kier alpha value is -4.35. The summed E-state index contributed by atoms with van der Waals surface area (Å²) in [5.74, 6) is 3.10. The zero-order valence-electron chi connectivity index (χ0n) is 17.2. The van der Waals surface area contributed by atoms with Crippen molar-refractivity contribution in [1.29, 1.82) is 0 Å². The second kappa shape index (κ2) is 10.3. The molecule has 1 radical (unpaired) electrons. The number of rotatable bonds is 4. The van der Waals surface area contributed by atoms with Crippen molar-refractivity contribution in [2.24, 2.45) is 0 Å². The molecule has 6 aromatic rings. The number of hydrogen-bond donors (Lipinski definition) is 0. The topological polar surface area (TPSA) is 97.1 Å². The summed E-state index contributed by atoms with van der Waals surface area (Å²) in [5, 5.41) is 16.5. The van der Waals surface area contributed by atoms with E-state index < -0.39 is 0 Å². The molecule has 0 spiro atoms. The molecule has 0 aromatic carbocycles. The minimum Gasteiger partial charge on any atom is -0.223 e. The molecule has 6 rings (SSSR count). The number of hydrogen-bond acceptors (Lipinski definition) is 6. The summed E-state index contributed by atoms with van der Waals surface area (Å²) in [5.41, 5.74) is 0. The van der Waals surface area contributed by atoms with Crippen molar-refractivity contribution in [3.8, 4) is 23.3 Å². The number of aromatic nitrogens is 10. The van der Waals surface area contributed by atoms with E-state index in [2.05, 4.69) is 30.4 Å². The Balaban J connectivity index is 0.000000152. The fraction of sp³-hybridized carbons (Fsp3) is 0. The summed E-state index contributed by atoms with van der Waals surface area (Å²) in [7, 11) is 0. The van der Waals surface area contributed by atoms with E-state index in [0.29, 0.717) is 0 Å². The molecular weight excluding hydrogens is 463 g/mol. The SMILES string of the molecule is [Co].c1cc(-n2cccn2)nc(-n2cccn2)c1.c1cc(-n2cccn2)nc(-n2cccn2)c1. The molecule has 11 heteroatoms. The molecule has 0 atom stereocenters. The third-order valence-electron chi connectivity index (χ3n) is 4.40. The standard InChI is InChI=1S/2C11H9N5.Co/c2*1-4-10(15-8-2-6-12-15)14-11(5-1)16-9-3-7-13-16;/h2*1-9H;. The molecule has 0 bridgehead atoms. The molecule has 0 N–H and O–H groups in total. The molecule has 0 fully saturated rings. The third kappa shape index (κ3) is 5.11. The van der Waals surface area contributed by atoms with Crippen molar-refractivity contribution in [1.82, 2.24) is 49.1 Å². The zero-order chi connectivity index (χ0) is 21.6. The Morgan fingerprint density at radius 2 is 0.667 bits per heavy atom. The molecule has 33 heavy (non-hydrogen) atoms. The predicted octanol–water partition coefficient (Wildman–Crippen LogP) is 2.90. The van der Waals surface area contributed by atoms with Gasteiger partial charge in [0.25, 0.3) is 0 Å². The normalized spacial score (nSPS) is 10.2. The van der Waals surface area contributed by atoms with E-state index in [0.717, 1.165) is 23.3 Å². The van der Waals surface area contributed by atoms with Gasteiger partial charge in [0.1, 0.15) is 0 Å². The fourth-order valence-corrected chi connectivity index (χ4v) is 2.95.